The molecule has 0 aromatic heterocycles. The number of nitrogens with one attached hydrogen (secondary N) is 1. The summed E-state index contributed by atoms with van der Waals surface area (Å²) >= 11 is 3.29. The lowest BCUT2D eigenvalue weighted by atomic mass is 10.2. The van der Waals surface area contributed by atoms with E-state index in [1.54, 1.807) is 0 Å². The van der Waals surface area contributed by atoms with Gasteiger partial charge in [0, 0.05) is 16.6 Å². The van der Waals surface area contributed by atoms with Crippen molar-refractivity contribution in [2.24, 2.45) is 0 Å². The van der Waals surface area contributed by atoms with E-state index in [9.17, 15) is 0 Å². The van der Waals surface area contributed by atoms with Crippen molar-refractivity contribution in [3.63, 3.8) is 0 Å². The average molecular weight is 284 g/mol. The molecule has 0 amide bonds. The summed E-state index contributed by atoms with van der Waals surface area (Å²) in [6, 6.07) is 8.07. The van der Waals surface area contributed by atoms with Crippen LogP contribution in [-0.4, -0.2) is 13.2 Å². The van der Waals surface area contributed by atoms with Gasteiger partial charge in [0.25, 0.3) is 0 Å². The maximum absolute atomic E-state index is 5.64. The van der Waals surface area contributed by atoms with Gasteiger partial charge in [-0.15, -0.1) is 0 Å². The van der Waals surface area contributed by atoms with E-state index >= 15 is 0 Å². The Labute approximate surface area is 106 Å². The molecule has 1 N–H and O–H groups in total. The van der Waals surface area contributed by atoms with Crippen molar-refractivity contribution < 1.29 is 4.74 Å². The molecule has 1 aromatic rings. The molecule has 0 bridgehead atoms. The van der Waals surface area contributed by atoms with E-state index in [4.69, 9.17) is 4.74 Å². The average Bonchev–Trinajstić information content (AvgIpc) is 2.28. The molecule has 0 fully saturated rings. The summed E-state index contributed by atoms with van der Waals surface area (Å²) < 4.78 is 6.49. The van der Waals surface area contributed by atoms with E-state index in [1.165, 1.54) is 5.56 Å². The van der Waals surface area contributed by atoms with Crippen molar-refractivity contribution in [3.05, 3.63) is 40.9 Å². The highest BCUT2D eigenvalue weighted by Crippen LogP contribution is 2.18. The lowest BCUT2D eigenvalue weighted by Crippen LogP contribution is -2.14. The van der Waals surface area contributed by atoms with Crippen LogP contribution in [0.5, 0.6) is 5.75 Å². The summed E-state index contributed by atoms with van der Waals surface area (Å²) in [6.45, 7) is 8.29. The van der Waals surface area contributed by atoms with Crippen LogP contribution >= 0.6 is 15.9 Å². The summed E-state index contributed by atoms with van der Waals surface area (Å²) in [5.41, 5.74) is 1.18. The zero-order valence-corrected chi connectivity index (χ0v) is 11.2. The summed E-state index contributed by atoms with van der Waals surface area (Å²) in [5, 5.41) is 3.37. The Morgan fingerprint density at radius 1 is 1.44 bits per heavy atom. The summed E-state index contributed by atoms with van der Waals surface area (Å²) in [4.78, 5) is 0. The highest BCUT2D eigenvalue weighted by atomic mass is 79.9. The molecule has 0 radical (unpaired) electrons. The number of halogens is 1. The standard InChI is InChI=1S/C13H18BrNO/c1-3-8-15-9-12-6-4-5-7-13(12)16-10-11(2)14/h4-7,15H,2-3,8-10H2,1H3. The predicted molar refractivity (Wildman–Crippen MR) is 72.0 cm³/mol. The molecule has 0 aliphatic carbocycles. The molecule has 3 heteroatoms. The largest absolute Gasteiger partial charge is 0.488 e. The van der Waals surface area contributed by atoms with E-state index in [1.807, 2.05) is 18.2 Å². The van der Waals surface area contributed by atoms with Crippen LogP contribution in [0.1, 0.15) is 18.9 Å². The second-order valence-corrected chi connectivity index (χ2v) is 4.71. The van der Waals surface area contributed by atoms with E-state index in [2.05, 4.69) is 40.8 Å². The first kappa shape index (κ1) is 13.3. The minimum Gasteiger partial charge on any atom is -0.488 e. The molecule has 0 unspecified atom stereocenters. The van der Waals surface area contributed by atoms with Crippen LogP contribution < -0.4 is 10.1 Å². The number of hydrogen-bond donors (Lipinski definition) is 1. The Hall–Kier alpha value is -0.800. The Bertz CT molecular complexity index is 338. The molecule has 0 spiro atoms. The molecule has 0 heterocycles. The fraction of sp³-hybridized carbons (Fsp3) is 0.385. The van der Waals surface area contributed by atoms with E-state index in [0.717, 1.165) is 29.7 Å². The number of para-hydroxylation sites is 1. The van der Waals surface area contributed by atoms with Crippen molar-refractivity contribution in [2.45, 2.75) is 19.9 Å². The molecule has 0 aliphatic heterocycles. The quantitative estimate of drug-likeness (QED) is 0.774. The van der Waals surface area contributed by atoms with Crippen LogP contribution in [-0.2, 0) is 6.54 Å². The summed E-state index contributed by atoms with van der Waals surface area (Å²) in [6.07, 6.45) is 1.14. The normalized spacial score (nSPS) is 10.1. The lowest BCUT2D eigenvalue weighted by Gasteiger charge is -2.11. The summed E-state index contributed by atoms with van der Waals surface area (Å²) in [5.74, 6) is 0.923. The van der Waals surface area contributed by atoms with Crippen molar-refractivity contribution in [2.75, 3.05) is 13.2 Å². The third-order valence-corrected chi connectivity index (χ3v) is 2.33. The molecule has 0 aliphatic rings. The zero-order valence-electron chi connectivity index (χ0n) is 9.63. The minimum absolute atomic E-state index is 0.505. The highest BCUT2D eigenvalue weighted by molar-refractivity contribution is 9.11. The maximum Gasteiger partial charge on any atom is 0.124 e. The molecule has 1 aromatic carbocycles. The SMILES string of the molecule is C=C(Br)COc1ccccc1CNCCC. The molecule has 0 saturated heterocycles. The van der Waals surface area contributed by atoms with Crippen LogP contribution in [0, 0.1) is 0 Å². The highest BCUT2D eigenvalue weighted by Gasteiger charge is 2.02. The lowest BCUT2D eigenvalue weighted by molar-refractivity contribution is 0.355. The van der Waals surface area contributed by atoms with Gasteiger partial charge in [-0.3, -0.25) is 0 Å². The summed E-state index contributed by atoms with van der Waals surface area (Å²) in [7, 11) is 0. The topological polar surface area (TPSA) is 21.3 Å². The van der Waals surface area contributed by atoms with E-state index < -0.39 is 0 Å². The van der Waals surface area contributed by atoms with Crippen molar-refractivity contribution >= 4 is 15.9 Å². The molecule has 88 valence electrons. The predicted octanol–water partition coefficient (Wildman–Crippen LogP) is 3.47. The van der Waals surface area contributed by atoms with Crippen molar-refractivity contribution in [3.8, 4) is 5.75 Å². The number of benzene rings is 1. The van der Waals surface area contributed by atoms with Gasteiger partial charge in [-0.05, 0) is 19.0 Å². The van der Waals surface area contributed by atoms with Gasteiger partial charge in [0.1, 0.15) is 12.4 Å². The van der Waals surface area contributed by atoms with Gasteiger partial charge >= 0.3 is 0 Å². The van der Waals surface area contributed by atoms with Gasteiger partial charge in [0.15, 0.2) is 0 Å². The van der Waals surface area contributed by atoms with Gasteiger partial charge in [-0.1, -0.05) is 47.6 Å². The first-order chi connectivity index (χ1) is 7.74. The third kappa shape index (κ3) is 4.81. The smallest absolute Gasteiger partial charge is 0.124 e. The fourth-order valence-corrected chi connectivity index (χ4v) is 1.46. The molecule has 16 heavy (non-hydrogen) atoms. The molecule has 0 saturated carbocycles. The minimum atomic E-state index is 0.505. The van der Waals surface area contributed by atoms with Gasteiger partial charge in [0.05, 0.1) is 0 Å². The Morgan fingerprint density at radius 2 is 2.19 bits per heavy atom. The molecule has 2 nitrogen and oxygen atoms in total. The van der Waals surface area contributed by atoms with Crippen LogP contribution in [0.15, 0.2) is 35.3 Å². The van der Waals surface area contributed by atoms with Crippen LogP contribution in [0.4, 0.5) is 0 Å². The molecule has 0 atom stereocenters. The number of ether oxygens (including phenoxy) is 1. The van der Waals surface area contributed by atoms with Gasteiger partial charge in [-0.2, -0.15) is 0 Å². The molecule has 1 rings (SSSR count). The number of hydrogen-bond acceptors (Lipinski definition) is 2. The van der Waals surface area contributed by atoms with Crippen molar-refractivity contribution in [1.29, 1.82) is 0 Å². The Morgan fingerprint density at radius 3 is 2.88 bits per heavy atom. The Kier molecular flexibility index (Phi) is 6.19. The second kappa shape index (κ2) is 7.47. The van der Waals surface area contributed by atoms with Gasteiger partial charge < -0.3 is 10.1 Å². The second-order valence-electron chi connectivity index (χ2n) is 3.59. The fourth-order valence-electron chi connectivity index (χ4n) is 1.35. The van der Waals surface area contributed by atoms with Gasteiger partial charge in [-0.25, -0.2) is 0 Å². The van der Waals surface area contributed by atoms with E-state index in [0.29, 0.717) is 6.61 Å². The first-order valence-electron chi connectivity index (χ1n) is 5.48. The monoisotopic (exact) mass is 283 g/mol. The third-order valence-electron chi connectivity index (χ3n) is 2.10. The van der Waals surface area contributed by atoms with Gasteiger partial charge in [0.2, 0.25) is 0 Å². The van der Waals surface area contributed by atoms with Crippen molar-refractivity contribution in [1.82, 2.24) is 5.32 Å². The van der Waals surface area contributed by atoms with E-state index in [-0.39, 0.29) is 0 Å². The maximum atomic E-state index is 5.64. The molecular formula is C13H18BrNO. The molecular weight excluding hydrogens is 266 g/mol. The first-order valence-corrected chi connectivity index (χ1v) is 6.28. The van der Waals surface area contributed by atoms with Crippen LogP contribution in [0.25, 0.3) is 0 Å². The Balaban J connectivity index is 2.56. The van der Waals surface area contributed by atoms with Crippen LogP contribution in [0.3, 0.4) is 0 Å². The van der Waals surface area contributed by atoms with Crippen LogP contribution in [0.2, 0.25) is 0 Å². The zero-order chi connectivity index (χ0) is 11.8. The number of rotatable bonds is 7.